The van der Waals surface area contributed by atoms with E-state index in [-0.39, 0.29) is 5.88 Å². The van der Waals surface area contributed by atoms with Crippen LogP contribution in [0.2, 0.25) is 0 Å². The van der Waals surface area contributed by atoms with Crippen molar-refractivity contribution in [3.05, 3.63) is 41.5 Å². The summed E-state index contributed by atoms with van der Waals surface area (Å²) >= 11 is 5.57. The predicted molar refractivity (Wildman–Crippen MR) is 65.8 cm³/mol. The molecule has 5 heteroatoms. The van der Waals surface area contributed by atoms with Crippen LogP contribution in [-0.2, 0) is 5.88 Å². The molecule has 2 aromatic rings. The fourth-order valence-electron chi connectivity index (χ4n) is 1.27. The topological polar surface area (TPSA) is 48.2 Å². The number of halogens is 1. The molecule has 2 rings (SSSR count). The second kappa shape index (κ2) is 5.50. The van der Waals surface area contributed by atoms with Crippen molar-refractivity contribution in [2.75, 3.05) is 7.11 Å². The first kappa shape index (κ1) is 11.7. The lowest BCUT2D eigenvalue weighted by Gasteiger charge is -1.98. The Morgan fingerprint density at radius 1 is 1.29 bits per heavy atom. The average Bonchev–Trinajstić information content (AvgIpc) is 2.85. The maximum Gasteiger partial charge on any atom is 0.250 e. The summed E-state index contributed by atoms with van der Waals surface area (Å²) in [4.78, 5) is 4.06. The number of hydrogen-bond acceptors (Lipinski definition) is 4. The van der Waals surface area contributed by atoms with Gasteiger partial charge in [0.1, 0.15) is 5.75 Å². The van der Waals surface area contributed by atoms with Gasteiger partial charge in [-0.2, -0.15) is 4.98 Å². The zero-order valence-electron chi connectivity index (χ0n) is 9.26. The number of nitrogens with zero attached hydrogens (tertiary/aromatic N) is 2. The summed E-state index contributed by atoms with van der Waals surface area (Å²) in [6, 6.07) is 7.65. The summed E-state index contributed by atoms with van der Waals surface area (Å²) in [5.41, 5.74) is 1.02. The quantitative estimate of drug-likeness (QED) is 0.783. The van der Waals surface area contributed by atoms with Gasteiger partial charge in [0.05, 0.1) is 13.0 Å². The highest BCUT2D eigenvalue weighted by Crippen LogP contribution is 2.13. The molecule has 88 valence electrons. The van der Waals surface area contributed by atoms with E-state index in [0.29, 0.717) is 11.7 Å². The SMILES string of the molecule is COc1ccc(/C=C/c2nc(CCl)no2)cc1. The third-order valence-electron chi connectivity index (χ3n) is 2.14. The number of hydrogen-bond donors (Lipinski definition) is 0. The molecule has 0 spiro atoms. The van der Waals surface area contributed by atoms with Crippen molar-refractivity contribution in [2.45, 2.75) is 5.88 Å². The van der Waals surface area contributed by atoms with Gasteiger partial charge < -0.3 is 9.26 Å². The molecule has 1 aromatic heterocycles. The molecule has 0 saturated heterocycles. The third kappa shape index (κ3) is 3.07. The Morgan fingerprint density at radius 3 is 2.65 bits per heavy atom. The molecule has 0 aliphatic carbocycles. The minimum atomic E-state index is 0.250. The number of rotatable bonds is 4. The van der Waals surface area contributed by atoms with Gasteiger partial charge in [-0.15, -0.1) is 11.6 Å². The standard InChI is InChI=1S/C12H11ClN2O2/c1-16-10-5-2-9(3-6-10)4-7-12-14-11(8-13)15-17-12/h2-7H,8H2,1H3/b7-4+. The summed E-state index contributed by atoms with van der Waals surface area (Å²) in [5, 5.41) is 3.69. The molecule has 1 heterocycles. The number of methoxy groups -OCH3 is 1. The second-order valence-corrected chi connectivity index (χ2v) is 3.56. The summed E-state index contributed by atoms with van der Waals surface area (Å²) in [6.07, 6.45) is 3.62. The molecule has 4 nitrogen and oxygen atoms in total. The van der Waals surface area contributed by atoms with Crippen LogP contribution >= 0.6 is 11.6 Å². The summed E-state index contributed by atoms with van der Waals surface area (Å²) < 4.78 is 10.0. The van der Waals surface area contributed by atoms with Gasteiger partial charge in [-0.1, -0.05) is 17.3 Å². The Morgan fingerprint density at radius 2 is 2.06 bits per heavy atom. The molecular weight excluding hydrogens is 240 g/mol. The van der Waals surface area contributed by atoms with Gasteiger partial charge in [0.2, 0.25) is 0 Å². The molecule has 0 fully saturated rings. The first-order valence-corrected chi connectivity index (χ1v) is 5.56. The van der Waals surface area contributed by atoms with E-state index in [4.69, 9.17) is 20.9 Å². The van der Waals surface area contributed by atoms with Crippen LogP contribution in [-0.4, -0.2) is 17.3 Å². The molecule has 0 bridgehead atoms. The largest absolute Gasteiger partial charge is 0.497 e. The number of alkyl halides is 1. The summed E-state index contributed by atoms with van der Waals surface area (Å²) in [6.45, 7) is 0. The van der Waals surface area contributed by atoms with Gasteiger partial charge in [0.25, 0.3) is 5.89 Å². The molecule has 17 heavy (non-hydrogen) atoms. The smallest absolute Gasteiger partial charge is 0.250 e. The fraction of sp³-hybridized carbons (Fsp3) is 0.167. The van der Waals surface area contributed by atoms with Gasteiger partial charge in [-0.3, -0.25) is 0 Å². The first-order chi connectivity index (χ1) is 8.31. The van der Waals surface area contributed by atoms with E-state index in [0.717, 1.165) is 11.3 Å². The van der Waals surface area contributed by atoms with Crippen LogP contribution in [0.25, 0.3) is 12.2 Å². The Bertz CT molecular complexity index is 505. The van der Waals surface area contributed by atoms with Crippen LogP contribution in [0.15, 0.2) is 28.8 Å². The molecule has 0 amide bonds. The minimum absolute atomic E-state index is 0.250. The van der Waals surface area contributed by atoms with Crippen LogP contribution in [0.4, 0.5) is 0 Å². The van der Waals surface area contributed by atoms with Crippen molar-refractivity contribution in [2.24, 2.45) is 0 Å². The zero-order chi connectivity index (χ0) is 12.1. The molecule has 1 aromatic carbocycles. The van der Waals surface area contributed by atoms with Gasteiger partial charge >= 0.3 is 0 Å². The molecule has 0 saturated carbocycles. The Labute approximate surface area is 104 Å². The maximum absolute atomic E-state index is 5.57. The summed E-state index contributed by atoms with van der Waals surface area (Å²) in [7, 11) is 1.64. The minimum Gasteiger partial charge on any atom is -0.497 e. The lowest BCUT2D eigenvalue weighted by Crippen LogP contribution is -1.81. The lowest BCUT2D eigenvalue weighted by molar-refractivity contribution is 0.405. The highest BCUT2D eigenvalue weighted by atomic mass is 35.5. The number of benzene rings is 1. The van der Waals surface area contributed by atoms with E-state index in [1.165, 1.54) is 0 Å². The second-order valence-electron chi connectivity index (χ2n) is 3.29. The van der Waals surface area contributed by atoms with E-state index in [2.05, 4.69) is 10.1 Å². The number of aromatic nitrogens is 2. The van der Waals surface area contributed by atoms with Gasteiger partial charge in [0, 0.05) is 6.08 Å². The maximum atomic E-state index is 5.57. The highest BCUT2D eigenvalue weighted by molar-refractivity contribution is 6.16. The number of ether oxygens (including phenoxy) is 1. The molecule has 0 aliphatic rings. The Balaban J connectivity index is 2.08. The Hall–Kier alpha value is -1.81. The van der Waals surface area contributed by atoms with Crippen LogP contribution < -0.4 is 4.74 Å². The highest BCUT2D eigenvalue weighted by Gasteiger charge is 2.00. The van der Waals surface area contributed by atoms with E-state index in [1.807, 2.05) is 30.3 Å². The zero-order valence-corrected chi connectivity index (χ0v) is 10.0. The predicted octanol–water partition coefficient (Wildman–Crippen LogP) is 2.99. The lowest BCUT2D eigenvalue weighted by atomic mass is 10.2. The Kier molecular flexibility index (Phi) is 3.77. The van der Waals surface area contributed by atoms with E-state index in [9.17, 15) is 0 Å². The monoisotopic (exact) mass is 250 g/mol. The van der Waals surface area contributed by atoms with Crippen molar-refractivity contribution < 1.29 is 9.26 Å². The van der Waals surface area contributed by atoms with Crippen LogP contribution in [0.3, 0.4) is 0 Å². The van der Waals surface area contributed by atoms with Crippen molar-refractivity contribution >= 4 is 23.8 Å². The van der Waals surface area contributed by atoms with Crippen molar-refractivity contribution in [3.8, 4) is 5.75 Å². The van der Waals surface area contributed by atoms with E-state index >= 15 is 0 Å². The third-order valence-corrected chi connectivity index (χ3v) is 2.38. The molecule has 0 unspecified atom stereocenters. The average molecular weight is 251 g/mol. The van der Waals surface area contributed by atoms with Crippen LogP contribution in [0, 0.1) is 0 Å². The molecule has 0 aliphatic heterocycles. The first-order valence-electron chi connectivity index (χ1n) is 5.02. The van der Waals surface area contributed by atoms with Crippen molar-refractivity contribution in [3.63, 3.8) is 0 Å². The molecular formula is C12H11ClN2O2. The van der Waals surface area contributed by atoms with Gasteiger partial charge in [-0.25, -0.2) is 0 Å². The normalized spacial score (nSPS) is 10.9. The van der Waals surface area contributed by atoms with Gasteiger partial charge in [-0.05, 0) is 23.8 Å². The van der Waals surface area contributed by atoms with E-state index in [1.54, 1.807) is 13.2 Å². The fourth-order valence-corrected chi connectivity index (χ4v) is 1.38. The van der Waals surface area contributed by atoms with Crippen molar-refractivity contribution in [1.29, 1.82) is 0 Å². The molecule has 0 N–H and O–H groups in total. The van der Waals surface area contributed by atoms with Crippen LogP contribution in [0.5, 0.6) is 5.75 Å². The van der Waals surface area contributed by atoms with Crippen molar-refractivity contribution in [1.82, 2.24) is 10.1 Å². The molecule has 0 atom stereocenters. The van der Waals surface area contributed by atoms with Crippen LogP contribution in [0.1, 0.15) is 17.3 Å². The summed E-state index contributed by atoms with van der Waals surface area (Å²) in [5.74, 6) is 2.00. The van der Waals surface area contributed by atoms with E-state index < -0.39 is 0 Å². The molecule has 0 radical (unpaired) electrons. The van der Waals surface area contributed by atoms with Gasteiger partial charge in [0.15, 0.2) is 5.82 Å².